The fourth-order valence-corrected chi connectivity index (χ4v) is 1.73. The topological polar surface area (TPSA) is 84.9 Å². The number of nitrogens with one attached hydrogen (secondary N) is 2. The Morgan fingerprint density at radius 2 is 1.67 bits per heavy atom. The van der Waals surface area contributed by atoms with E-state index in [-0.39, 0.29) is 12.1 Å². The molecule has 2 aromatic heterocycles. The molecule has 21 heavy (non-hydrogen) atoms. The van der Waals surface area contributed by atoms with E-state index in [9.17, 15) is 0 Å². The van der Waals surface area contributed by atoms with Gasteiger partial charge in [0, 0.05) is 19.4 Å². The Morgan fingerprint density at radius 3 is 2.29 bits per heavy atom. The van der Waals surface area contributed by atoms with Crippen molar-refractivity contribution >= 4 is 11.9 Å². The van der Waals surface area contributed by atoms with Crippen molar-refractivity contribution in [3.8, 4) is 6.01 Å². The molecule has 2 N–H and O–H groups in total. The highest BCUT2D eigenvalue weighted by Gasteiger charge is 2.11. The van der Waals surface area contributed by atoms with Crippen LogP contribution in [0.3, 0.4) is 0 Å². The third-order valence-corrected chi connectivity index (χ3v) is 2.73. The molecule has 0 aliphatic carbocycles. The monoisotopic (exact) mass is 288 g/mol. The number of aromatic nitrogens is 4. The molecule has 0 spiro atoms. The van der Waals surface area contributed by atoms with Crippen LogP contribution < -0.4 is 15.4 Å². The summed E-state index contributed by atoms with van der Waals surface area (Å²) >= 11 is 0. The normalized spacial score (nSPS) is 12.0. The fourth-order valence-electron chi connectivity index (χ4n) is 1.73. The lowest BCUT2D eigenvalue weighted by molar-refractivity contribution is 0.222. The average molecular weight is 288 g/mol. The zero-order chi connectivity index (χ0) is 15.2. The molecular weight excluding hydrogens is 268 g/mol. The van der Waals surface area contributed by atoms with Crippen molar-refractivity contribution < 1.29 is 4.74 Å². The van der Waals surface area contributed by atoms with Crippen molar-refractivity contribution in [3.05, 3.63) is 30.1 Å². The predicted molar refractivity (Wildman–Crippen MR) is 81.4 cm³/mol. The molecule has 0 saturated heterocycles. The summed E-state index contributed by atoms with van der Waals surface area (Å²) in [6.07, 6.45) is 3.52. The van der Waals surface area contributed by atoms with Crippen molar-refractivity contribution in [2.75, 3.05) is 17.7 Å². The van der Waals surface area contributed by atoms with E-state index >= 15 is 0 Å². The summed E-state index contributed by atoms with van der Waals surface area (Å²) in [5.74, 6) is 0.930. The standard InChI is InChI=1S/C14H20N6O/c1-9(2)21-14-19-12(15-4)18-13(20-14)17-10(3)11-5-7-16-8-6-11/h5-10H,1-4H3,(H2,15,17,18,19,20). The van der Waals surface area contributed by atoms with Crippen LogP contribution in [0.5, 0.6) is 6.01 Å². The minimum absolute atomic E-state index is 0.00239. The third kappa shape index (κ3) is 4.27. The smallest absolute Gasteiger partial charge is 0.323 e. The maximum Gasteiger partial charge on any atom is 0.323 e. The second-order valence-corrected chi connectivity index (χ2v) is 4.83. The molecular formula is C14H20N6O. The van der Waals surface area contributed by atoms with Crippen LogP contribution in [0.1, 0.15) is 32.4 Å². The Morgan fingerprint density at radius 1 is 1.00 bits per heavy atom. The minimum atomic E-state index is 0.00239. The second-order valence-electron chi connectivity index (χ2n) is 4.83. The first-order valence-corrected chi connectivity index (χ1v) is 6.85. The van der Waals surface area contributed by atoms with Crippen LogP contribution in [-0.2, 0) is 0 Å². The van der Waals surface area contributed by atoms with E-state index < -0.39 is 0 Å². The number of ether oxygens (including phenoxy) is 1. The van der Waals surface area contributed by atoms with Gasteiger partial charge in [0.1, 0.15) is 0 Å². The van der Waals surface area contributed by atoms with Gasteiger partial charge in [-0.05, 0) is 38.5 Å². The number of nitrogens with zero attached hydrogens (tertiary/aromatic N) is 4. The molecule has 0 bridgehead atoms. The van der Waals surface area contributed by atoms with E-state index in [4.69, 9.17) is 4.74 Å². The lowest BCUT2D eigenvalue weighted by Gasteiger charge is -2.15. The number of pyridine rings is 1. The number of hydrogen-bond acceptors (Lipinski definition) is 7. The fraction of sp³-hybridized carbons (Fsp3) is 0.429. The molecule has 1 atom stereocenters. The molecule has 0 fully saturated rings. The quantitative estimate of drug-likeness (QED) is 0.843. The summed E-state index contributed by atoms with van der Waals surface area (Å²) in [5, 5.41) is 6.14. The summed E-state index contributed by atoms with van der Waals surface area (Å²) in [5.41, 5.74) is 1.10. The SMILES string of the molecule is CNc1nc(NC(C)c2ccncc2)nc(OC(C)C)n1. The summed E-state index contributed by atoms with van der Waals surface area (Å²) in [6, 6.07) is 4.24. The van der Waals surface area contributed by atoms with Gasteiger partial charge in [-0.1, -0.05) is 0 Å². The van der Waals surface area contributed by atoms with Gasteiger partial charge < -0.3 is 15.4 Å². The van der Waals surface area contributed by atoms with Crippen LogP contribution in [0.4, 0.5) is 11.9 Å². The number of rotatable bonds is 6. The molecule has 7 heteroatoms. The highest BCUT2D eigenvalue weighted by atomic mass is 16.5. The Bertz CT molecular complexity index is 575. The van der Waals surface area contributed by atoms with Crippen molar-refractivity contribution in [1.82, 2.24) is 19.9 Å². The van der Waals surface area contributed by atoms with Crippen LogP contribution in [0, 0.1) is 0 Å². The second kappa shape index (κ2) is 6.83. The van der Waals surface area contributed by atoms with E-state index in [2.05, 4.69) is 30.6 Å². The summed E-state index contributed by atoms with van der Waals surface area (Å²) in [6.45, 7) is 5.88. The maximum atomic E-state index is 5.53. The largest absolute Gasteiger partial charge is 0.461 e. The average Bonchev–Trinajstić information content (AvgIpc) is 2.47. The lowest BCUT2D eigenvalue weighted by Crippen LogP contribution is -2.14. The van der Waals surface area contributed by atoms with E-state index in [0.29, 0.717) is 17.9 Å². The van der Waals surface area contributed by atoms with Gasteiger partial charge in [0.2, 0.25) is 11.9 Å². The molecule has 7 nitrogen and oxygen atoms in total. The molecule has 0 radical (unpaired) electrons. The number of anilines is 2. The highest BCUT2D eigenvalue weighted by Crippen LogP contribution is 2.18. The van der Waals surface area contributed by atoms with E-state index in [1.807, 2.05) is 32.9 Å². The van der Waals surface area contributed by atoms with Gasteiger partial charge in [-0.2, -0.15) is 15.0 Å². The van der Waals surface area contributed by atoms with E-state index in [0.717, 1.165) is 5.56 Å². The first kappa shape index (κ1) is 15.0. The molecule has 112 valence electrons. The molecule has 2 heterocycles. The molecule has 0 aliphatic rings. The molecule has 0 amide bonds. The highest BCUT2D eigenvalue weighted by molar-refractivity contribution is 5.37. The van der Waals surface area contributed by atoms with Crippen molar-refractivity contribution in [1.29, 1.82) is 0 Å². The number of hydrogen-bond donors (Lipinski definition) is 2. The third-order valence-electron chi connectivity index (χ3n) is 2.73. The van der Waals surface area contributed by atoms with Crippen molar-refractivity contribution in [3.63, 3.8) is 0 Å². The zero-order valence-electron chi connectivity index (χ0n) is 12.7. The summed E-state index contributed by atoms with van der Waals surface area (Å²) in [7, 11) is 1.75. The molecule has 2 aromatic rings. The Balaban J connectivity index is 2.18. The Labute approximate surface area is 124 Å². The van der Waals surface area contributed by atoms with Crippen LogP contribution in [-0.4, -0.2) is 33.1 Å². The maximum absolute atomic E-state index is 5.53. The van der Waals surface area contributed by atoms with Gasteiger partial charge in [0.25, 0.3) is 0 Å². The minimum Gasteiger partial charge on any atom is -0.461 e. The van der Waals surface area contributed by atoms with Gasteiger partial charge in [-0.3, -0.25) is 4.98 Å². The van der Waals surface area contributed by atoms with Gasteiger partial charge >= 0.3 is 6.01 Å². The molecule has 0 aromatic carbocycles. The van der Waals surface area contributed by atoms with Crippen LogP contribution in [0.25, 0.3) is 0 Å². The van der Waals surface area contributed by atoms with Gasteiger partial charge in [-0.15, -0.1) is 0 Å². The first-order chi connectivity index (χ1) is 10.1. The lowest BCUT2D eigenvalue weighted by atomic mass is 10.1. The van der Waals surface area contributed by atoms with Crippen molar-refractivity contribution in [2.45, 2.75) is 32.9 Å². The molecule has 0 aliphatic heterocycles. The first-order valence-electron chi connectivity index (χ1n) is 6.85. The van der Waals surface area contributed by atoms with Crippen LogP contribution in [0.2, 0.25) is 0 Å². The Hall–Kier alpha value is -2.44. The molecule has 2 rings (SSSR count). The van der Waals surface area contributed by atoms with Crippen LogP contribution in [0.15, 0.2) is 24.5 Å². The summed E-state index contributed by atoms with van der Waals surface area (Å²) in [4.78, 5) is 16.7. The predicted octanol–water partition coefficient (Wildman–Crippen LogP) is 2.27. The summed E-state index contributed by atoms with van der Waals surface area (Å²) < 4.78 is 5.53. The van der Waals surface area contributed by atoms with Gasteiger partial charge in [-0.25, -0.2) is 0 Å². The Kier molecular flexibility index (Phi) is 4.86. The van der Waals surface area contributed by atoms with Gasteiger partial charge in [0.15, 0.2) is 0 Å². The van der Waals surface area contributed by atoms with Crippen LogP contribution >= 0.6 is 0 Å². The van der Waals surface area contributed by atoms with E-state index in [1.54, 1.807) is 19.4 Å². The molecule has 0 saturated carbocycles. The molecule has 1 unspecified atom stereocenters. The van der Waals surface area contributed by atoms with E-state index in [1.165, 1.54) is 0 Å². The van der Waals surface area contributed by atoms with Crippen molar-refractivity contribution in [2.24, 2.45) is 0 Å². The van der Waals surface area contributed by atoms with Gasteiger partial charge in [0.05, 0.1) is 12.1 Å². The zero-order valence-corrected chi connectivity index (χ0v) is 12.7.